The van der Waals surface area contributed by atoms with Crippen LogP contribution in [-0.4, -0.2) is 59.4 Å². The highest BCUT2D eigenvalue weighted by Crippen LogP contribution is 2.17. The third-order valence-corrected chi connectivity index (χ3v) is 5.15. The van der Waals surface area contributed by atoms with E-state index in [1.807, 2.05) is 24.3 Å². The summed E-state index contributed by atoms with van der Waals surface area (Å²) in [7, 11) is 0. The van der Waals surface area contributed by atoms with Gasteiger partial charge in [0.25, 0.3) is 5.91 Å². The van der Waals surface area contributed by atoms with Crippen LogP contribution in [0.2, 0.25) is 5.02 Å². The van der Waals surface area contributed by atoms with E-state index in [4.69, 9.17) is 11.6 Å². The first-order valence-corrected chi connectivity index (χ1v) is 9.76. The molecule has 1 aliphatic rings. The second kappa shape index (κ2) is 8.45. The number of carbonyl (C=O) groups excluding carboxylic acids is 2. The molecule has 2 amide bonds. The van der Waals surface area contributed by atoms with Crippen molar-refractivity contribution in [3.8, 4) is 0 Å². The second-order valence-corrected chi connectivity index (χ2v) is 7.21. The first-order valence-electron chi connectivity index (χ1n) is 9.38. The van der Waals surface area contributed by atoms with Gasteiger partial charge in [-0.1, -0.05) is 23.7 Å². The number of anilines is 1. The molecule has 8 heteroatoms. The lowest BCUT2D eigenvalue weighted by Crippen LogP contribution is -2.51. The Morgan fingerprint density at radius 3 is 2.38 bits per heavy atom. The van der Waals surface area contributed by atoms with Crippen LogP contribution in [0, 0.1) is 0 Å². The van der Waals surface area contributed by atoms with Crippen molar-refractivity contribution in [3.05, 3.63) is 65.3 Å². The van der Waals surface area contributed by atoms with Crippen LogP contribution in [0.25, 0.3) is 11.0 Å². The molecule has 0 spiro atoms. The number of nitrogens with one attached hydrogen (secondary N) is 1. The molecular formula is C21H20ClN5O2. The van der Waals surface area contributed by atoms with Crippen LogP contribution in [0.15, 0.2) is 54.7 Å². The van der Waals surface area contributed by atoms with Gasteiger partial charge in [0, 0.05) is 36.8 Å². The van der Waals surface area contributed by atoms with E-state index in [0.29, 0.717) is 36.8 Å². The second-order valence-electron chi connectivity index (χ2n) is 6.77. The van der Waals surface area contributed by atoms with Gasteiger partial charge in [0.15, 0.2) is 0 Å². The van der Waals surface area contributed by atoms with Crippen molar-refractivity contribution in [2.24, 2.45) is 0 Å². The number of halogens is 1. The van der Waals surface area contributed by atoms with Gasteiger partial charge in [0.2, 0.25) is 5.91 Å². The number of hydrogen-bond donors (Lipinski definition) is 1. The highest BCUT2D eigenvalue weighted by Gasteiger charge is 2.22. The molecule has 1 saturated heterocycles. The zero-order valence-corrected chi connectivity index (χ0v) is 16.5. The summed E-state index contributed by atoms with van der Waals surface area (Å²) >= 11 is 5.83. The van der Waals surface area contributed by atoms with Gasteiger partial charge < -0.3 is 15.1 Å². The number of benzene rings is 2. The number of piperazine rings is 1. The summed E-state index contributed by atoms with van der Waals surface area (Å²) in [6, 6.07) is 14.3. The molecule has 3 aromatic rings. The fourth-order valence-electron chi connectivity index (χ4n) is 3.26. The van der Waals surface area contributed by atoms with Crippen molar-refractivity contribution in [2.45, 2.75) is 0 Å². The molecule has 7 nitrogen and oxygen atoms in total. The van der Waals surface area contributed by atoms with E-state index < -0.39 is 0 Å². The van der Waals surface area contributed by atoms with Gasteiger partial charge >= 0.3 is 0 Å². The van der Waals surface area contributed by atoms with Gasteiger partial charge in [0.05, 0.1) is 23.8 Å². The first kappa shape index (κ1) is 19.1. The minimum absolute atomic E-state index is 0.0305. The maximum Gasteiger partial charge on any atom is 0.251 e. The maximum atomic E-state index is 12.4. The van der Waals surface area contributed by atoms with Gasteiger partial charge in [-0.05, 0) is 36.4 Å². The summed E-state index contributed by atoms with van der Waals surface area (Å²) < 4.78 is 0. The molecule has 2 aromatic carbocycles. The van der Waals surface area contributed by atoms with Crippen molar-refractivity contribution in [3.63, 3.8) is 0 Å². The Labute approximate surface area is 173 Å². The molecule has 0 bridgehead atoms. The van der Waals surface area contributed by atoms with E-state index in [-0.39, 0.29) is 18.4 Å². The highest BCUT2D eigenvalue weighted by molar-refractivity contribution is 6.30. The lowest BCUT2D eigenvalue weighted by atomic mass is 10.2. The molecule has 0 radical (unpaired) electrons. The predicted octanol–water partition coefficient (Wildman–Crippen LogP) is 2.36. The zero-order valence-electron chi connectivity index (χ0n) is 15.7. The normalized spacial score (nSPS) is 14.1. The van der Waals surface area contributed by atoms with Crippen molar-refractivity contribution >= 4 is 40.3 Å². The third kappa shape index (κ3) is 4.46. The van der Waals surface area contributed by atoms with Crippen LogP contribution in [0.4, 0.5) is 5.82 Å². The van der Waals surface area contributed by atoms with Gasteiger partial charge in [-0.3, -0.25) is 14.6 Å². The summed E-state index contributed by atoms with van der Waals surface area (Å²) in [5.41, 5.74) is 2.19. The fourth-order valence-corrected chi connectivity index (χ4v) is 3.38. The Morgan fingerprint density at radius 2 is 1.66 bits per heavy atom. The summed E-state index contributed by atoms with van der Waals surface area (Å²) in [6.07, 6.45) is 1.77. The lowest BCUT2D eigenvalue weighted by Gasteiger charge is -2.35. The number of carbonyl (C=O) groups is 2. The van der Waals surface area contributed by atoms with E-state index in [0.717, 1.165) is 16.9 Å². The minimum Gasteiger partial charge on any atom is -0.352 e. The maximum absolute atomic E-state index is 12.4. The van der Waals surface area contributed by atoms with Crippen LogP contribution in [-0.2, 0) is 4.79 Å². The summed E-state index contributed by atoms with van der Waals surface area (Å²) in [5, 5.41) is 3.23. The standard InChI is InChI=1S/C21H20ClN5O2/c22-16-7-5-15(6-8-16)21(29)24-14-20(28)27-11-9-26(10-12-27)19-13-23-17-3-1-2-4-18(17)25-19/h1-8,13H,9-12,14H2,(H,24,29). The quantitative estimate of drug-likeness (QED) is 0.715. The SMILES string of the molecule is O=C(NCC(=O)N1CCN(c2cnc3ccccc3n2)CC1)c1ccc(Cl)cc1. The molecule has 29 heavy (non-hydrogen) atoms. The molecule has 0 atom stereocenters. The van der Waals surface area contributed by atoms with Crippen LogP contribution >= 0.6 is 11.6 Å². The van der Waals surface area contributed by atoms with Crippen LogP contribution in [0.5, 0.6) is 0 Å². The fraction of sp³-hybridized carbons (Fsp3) is 0.238. The smallest absolute Gasteiger partial charge is 0.251 e. The molecule has 0 saturated carbocycles. The van der Waals surface area contributed by atoms with E-state index in [1.165, 1.54) is 0 Å². The van der Waals surface area contributed by atoms with Gasteiger partial charge in [-0.25, -0.2) is 4.98 Å². The number of fused-ring (bicyclic) bond motifs is 1. The molecule has 1 aromatic heterocycles. The Balaban J connectivity index is 1.30. The van der Waals surface area contributed by atoms with Gasteiger partial charge in [0.1, 0.15) is 5.82 Å². The predicted molar refractivity (Wildman–Crippen MR) is 112 cm³/mol. The number of rotatable bonds is 4. The van der Waals surface area contributed by atoms with Crippen LogP contribution in [0.1, 0.15) is 10.4 Å². The first-order chi connectivity index (χ1) is 14.1. The topological polar surface area (TPSA) is 78.4 Å². The average molecular weight is 410 g/mol. The zero-order chi connectivity index (χ0) is 20.2. The Morgan fingerprint density at radius 1 is 0.966 bits per heavy atom. The highest BCUT2D eigenvalue weighted by atomic mass is 35.5. The molecule has 0 aliphatic carbocycles. The number of nitrogens with zero attached hydrogens (tertiary/aromatic N) is 4. The molecule has 1 fully saturated rings. The monoisotopic (exact) mass is 409 g/mol. The largest absolute Gasteiger partial charge is 0.352 e. The number of aromatic nitrogens is 2. The van der Waals surface area contributed by atoms with Crippen molar-refractivity contribution < 1.29 is 9.59 Å². The number of amides is 2. The molecule has 4 rings (SSSR count). The lowest BCUT2D eigenvalue weighted by molar-refractivity contribution is -0.130. The van der Waals surface area contributed by atoms with E-state index in [1.54, 1.807) is 35.4 Å². The number of para-hydroxylation sites is 2. The summed E-state index contributed by atoms with van der Waals surface area (Å²) in [5.74, 6) is 0.420. The van der Waals surface area contributed by atoms with Gasteiger partial charge in [-0.15, -0.1) is 0 Å². The third-order valence-electron chi connectivity index (χ3n) is 4.90. The Hall–Kier alpha value is -3.19. The average Bonchev–Trinajstić information content (AvgIpc) is 2.77. The number of hydrogen-bond acceptors (Lipinski definition) is 5. The summed E-state index contributed by atoms with van der Waals surface area (Å²) in [4.78, 5) is 37.6. The molecule has 0 unspecified atom stereocenters. The van der Waals surface area contributed by atoms with Crippen LogP contribution < -0.4 is 10.2 Å². The molecule has 148 valence electrons. The Bertz CT molecular complexity index is 1030. The van der Waals surface area contributed by atoms with Crippen LogP contribution in [0.3, 0.4) is 0 Å². The van der Waals surface area contributed by atoms with Crippen molar-refractivity contribution in [2.75, 3.05) is 37.6 Å². The van der Waals surface area contributed by atoms with E-state index >= 15 is 0 Å². The molecular weight excluding hydrogens is 390 g/mol. The summed E-state index contributed by atoms with van der Waals surface area (Å²) in [6.45, 7) is 2.46. The molecule has 1 N–H and O–H groups in total. The molecule has 2 heterocycles. The minimum atomic E-state index is -0.292. The molecule has 1 aliphatic heterocycles. The van der Waals surface area contributed by atoms with E-state index in [2.05, 4.69) is 20.2 Å². The van der Waals surface area contributed by atoms with E-state index in [9.17, 15) is 9.59 Å². The Kier molecular flexibility index (Phi) is 5.57. The van der Waals surface area contributed by atoms with Crippen molar-refractivity contribution in [1.29, 1.82) is 0 Å². The van der Waals surface area contributed by atoms with Crippen molar-refractivity contribution in [1.82, 2.24) is 20.2 Å². The van der Waals surface area contributed by atoms with Gasteiger partial charge in [-0.2, -0.15) is 0 Å².